The Morgan fingerprint density at radius 3 is 1.31 bits per heavy atom. The fourth-order valence-electron chi connectivity index (χ4n) is 5.61. The Morgan fingerprint density at radius 1 is 0.534 bits per heavy atom. The van der Waals surface area contributed by atoms with Gasteiger partial charge in [0.05, 0.1) is 48.9 Å². The summed E-state index contributed by atoms with van der Waals surface area (Å²) in [4.78, 5) is 105. The average Bonchev–Trinajstić information content (AvgIpc) is 3.20. The highest BCUT2D eigenvalue weighted by atomic mass is 16.5. The maximum atomic E-state index is 13.3. The van der Waals surface area contributed by atoms with E-state index in [4.69, 9.17) is 0 Å². The molecule has 0 atom stereocenters. The van der Waals surface area contributed by atoms with E-state index in [-0.39, 0.29) is 53.2 Å². The molecule has 2 aromatic heterocycles. The van der Waals surface area contributed by atoms with Crippen molar-refractivity contribution in [2.24, 2.45) is 0 Å². The van der Waals surface area contributed by atoms with Gasteiger partial charge in [0.1, 0.15) is 11.4 Å². The Kier molecular flexibility index (Phi) is 12.7. The van der Waals surface area contributed by atoms with Gasteiger partial charge >= 0.3 is 0 Å². The van der Waals surface area contributed by atoms with Crippen LogP contribution in [-0.2, 0) is 0 Å². The lowest BCUT2D eigenvalue weighted by molar-refractivity contribution is 0.0815. The number of phenols is 4. The van der Waals surface area contributed by atoms with Gasteiger partial charge in [-0.3, -0.25) is 48.2 Å². The molecule has 0 saturated carbocycles. The summed E-state index contributed by atoms with van der Waals surface area (Å²) in [5, 5.41) is 72.6. The molecule has 0 fully saturated rings. The fourth-order valence-corrected chi connectivity index (χ4v) is 5.61. The molecular weight excluding hydrogens is 768 g/mol. The lowest BCUT2D eigenvalue weighted by Crippen LogP contribution is -2.49. The number of phenolic OH excluding ortho intramolecular Hbond substituents is 4. The standard InChI is InChI=1S/C36H36N8O14/c45-25-11-13-41(15-39-35(55)23-3-1-5-27(47)43(23)57)14-12-26(46)20-8-10-22(32(52)30(20)50)34(54)38-17-42(18-40-36(56)24-4-2-6-28(48)44(24)58)16-37-33(53)21-9-7-19(25)29(49)31(21)51/h1-10,49-52,57-58H,11-18H2,(H,37,53)(H,38,54)(H,39,55)(H,40,56). The molecule has 10 N–H and O–H groups in total. The lowest BCUT2D eigenvalue weighted by atomic mass is 10.0. The number of nitrogens with one attached hydrogen (secondary N) is 4. The number of aromatic nitrogens is 2. The molecule has 0 radical (unpaired) electrons. The molecular formula is C36H36N8O14. The van der Waals surface area contributed by atoms with Crippen LogP contribution >= 0.6 is 0 Å². The van der Waals surface area contributed by atoms with Crippen molar-refractivity contribution in [1.82, 2.24) is 40.5 Å². The van der Waals surface area contributed by atoms with Crippen molar-refractivity contribution in [2.75, 3.05) is 39.8 Å². The molecule has 2 aromatic carbocycles. The van der Waals surface area contributed by atoms with E-state index in [1.807, 2.05) is 0 Å². The van der Waals surface area contributed by atoms with Gasteiger partial charge in [-0.15, -0.1) is 9.46 Å². The Hall–Kier alpha value is -7.72. The second-order valence-corrected chi connectivity index (χ2v) is 12.6. The van der Waals surface area contributed by atoms with Gasteiger partial charge in [-0.25, -0.2) is 0 Å². The van der Waals surface area contributed by atoms with Crippen molar-refractivity contribution in [2.45, 2.75) is 12.8 Å². The number of Topliss-reactive ketones (excluding diaryl/α,β-unsaturated/α-hetero) is 2. The number of benzene rings is 2. The van der Waals surface area contributed by atoms with Crippen LogP contribution in [0.5, 0.6) is 23.0 Å². The molecule has 4 aliphatic heterocycles. The SMILES string of the molecule is O=C1CCN(CNC(=O)c2cccc(=O)n2O)CCC(=O)c2ccc(c(O)c2O)C(=O)NCN(CNC(=O)c2cccc(=O)n2O)CNC(=O)c2ccc1c(O)c2O. The normalized spacial score (nSPS) is 14.9. The van der Waals surface area contributed by atoms with E-state index in [1.165, 1.54) is 21.9 Å². The molecule has 58 heavy (non-hydrogen) atoms. The third-order valence-corrected chi connectivity index (χ3v) is 8.88. The highest BCUT2D eigenvalue weighted by Crippen LogP contribution is 2.35. The van der Waals surface area contributed by atoms with Crippen molar-refractivity contribution in [3.05, 3.63) is 115 Å². The van der Waals surface area contributed by atoms with E-state index >= 15 is 0 Å². The van der Waals surface area contributed by atoms with Crippen LogP contribution in [0.1, 0.15) is 75.3 Å². The van der Waals surface area contributed by atoms with E-state index in [2.05, 4.69) is 21.3 Å². The van der Waals surface area contributed by atoms with Crippen LogP contribution in [0.4, 0.5) is 0 Å². The monoisotopic (exact) mass is 804 g/mol. The molecule has 0 saturated heterocycles. The maximum absolute atomic E-state index is 13.3. The summed E-state index contributed by atoms with van der Waals surface area (Å²) in [7, 11) is 0. The molecule has 4 aromatic rings. The zero-order valence-electron chi connectivity index (χ0n) is 30.2. The molecule has 0 spiro atoms. The van der Waals surface area contributed by atoms with Crippen LogP contribution in [0.3, 0.4) is 0 Å². The molecule has 4 amide bonds. The summed E-state index contributed by atoms with van der Waals surface area (Å²) >= 11 is 0. The van der Waals surface area contributed by atoms with Crippen LogP contribution in [0.2, 0.25) is 0 Å². The van der Waals surface area contributed by atoms with Crippen molar-refractivity contribution in [1.29, 1.82) is 0 Å². The number of carbonyl (C=O) groups is 6. The van der Waals surface area contributed by atoms with Gasteiger partial charge in [0, 0.05) is 38.1 Å². The third-order valence-electron chi connectivity index (χ3n) is 8.88. The smallest absolute Gasteiger partial charge is 0.283 e. The minimum absolute atomic E-state index is 0.0974. The zero-order valence-corrected chi connectivity index (χ0v) is 30.2. The molecule has 0 unspecified atom stereocenters. The van der Waals surface area contributed by atoms with Gasteiger partial charge in [-0.1, -0.05) is 12.1 Å². The summed E-state index contributed by atoms with van der Waals surface area (Å²) in [5.41, 5.74) is -4.40. The van der Waals surface area contributed by atoms with E-state index in [0.717, 1.165) is 48.5 Å². The maximum Gasteiger partial charge on any atom is 0.283 e. The number of nitrogens with zero attached hydrogens (tertiary/aromatic N) is 4. The minimum atomic E-state index is -0.986. The van der Waals surface area contributed by atoms with Gasteiger partial charge in [0.15, 0.2) is 34.6 Å². The van der Waals surface area contributed by atoms with Crippen molar-refractivity contribution in [3.63, 3.8) is 0 Å². The summed E-state index contributed by atoms with van der Waals surface area (Å²) in [6.45, 7) is -2.19. The molecule has 304 valence electrons. The van der Waals surface area contributed by atoms with Gasteiger partial charge in [-0.05, 0) is 36.4 Å². The Bertz CT molecular complexity index is 2170. The van der Waals surface area contributed by atoms with Gasteiger partial charge in [-0.2, -0.15) is 0 Å². The van der Waals surface area contributed by atoms with Crippen molar-refractivity contribution >= 4 is 35.2 Å². The highest BCUT2D eigenvalue weighted by molar-refractivity contribution is 6.05. The summed E-state index contributed by atoms with van der Waals surface area (Å²) < 4.78 is 0.217. The van der Waals surface area contributed by atoms with Gasteiger partial charge in [0.25, 0.3) is 34.7 Å². The number of ketones is 2. The predicted molar refractivity (Wildman–Crippen MR) is 196 cm³/mol. The molecule has 22 nitrogen and oxygen atoms in total. The predicted octanol–water partition coefficient (Wildman–Crippen LogP) is -1.08. The fraction of sp³-hybridized carbons (Fsp3) is 0.222. The molecule has 4 bridgehead atoms. The Balaban J connectivity index is 1.41. The summed E-state index contributed by atoms with van der Waals surface area (Å²) in [5.74, 6) is -9.09. The molecule has 6 heterocycles. The average molecular weight is 805 g/mol. The van der Waals surface area contributed by atoms with E-state index in [9.17, 15) is 69.2 Å². The van der Waals surface area contributed by atoms with Crippen LogP contribution < -0.4 is 32.4 Å². The van der Waals surface area contributed by atoms with Crippen LogP contribution in [0.25, 0.3) is 0 Å². The van der Waals surface area contributed by atoms with Gasteiger partial charge < -0.3 is 52.1 Å². The lowest BCUT2D eigenvalue weighted by Gasteiger charge is -2.24. The first-order valence-corrected chi connectivity index (χ1v) is 17.1. The summed E-state index contributed by atoms with van der Waals surface area (Å²) in [6.07, 6.45) is -0.769. The number of rotatable bonds is 6. The number of carbonyl (C=O) groups excluding carboxylic acids is 6. The van der Waals surface area contributed by atoms with Crippen LogP contribution in [0, 0.1) is 0 Å². The second kappa shape index (κ2) is 17.8. The van der Waals surface area contributed by atoms with Crippen molar-refractivity contribution < 1.29 is 59.6 Å². The number of aromatic hydroxyl groups is 4. The highest BCUT2D eigenvalue weighted by Gasteiger charge is 2.25. The molecule has 4 aliphatic rings. The molecule has 0 aliphatic carbocycles. The summed E-state index contributed by atoms with van der Waals surface area (Å²) in [6, 6.07) is 11.0. The first kappa shape index (κ1) is 41.4. The minimum Gasteiger partial charge on any atom is -0.504 e. The van der Waals surface area contributed by atoms with Crippen molar-refractivity contribution in [3.8, 4) is 23.0 Å². The number of hydrogen-bond acceptors (Lipinski definition) is 16. The second-order valence-electron chi connectivity index (χ2n) is 12.6. The molecule has 8 rings (SSSR count). The number of hydrogen-bond donors (Lipinski definition) is 10. The van der Waals surface area contributed by atoms with Gasteiger partial charge in [0.2, 0.25) is 0 Å². The first-order chi connectivity index (χ1) is 27.6. The zero-order chi connectivity index (χ0) is 42.3. The topological polar surface area (TPSA) is 322 Å². The Morgan fingerprint density at radius 2 is 0.897 bits per heavy atom. The van der Waals surface area contributed by atoms with E-state index in [1.54, 1.807) is 0 Å². The first-order valence-electron chi connectivity index (χ1n) is 17.1. The van der Waals surface area contributed by atoms with E-state index in [0.29, 0.717) is 0 Å². The molecule has 22 heteroatoms. The number of amides is 4. The Labute approximate surface area is 325 Å². The van der Waals surface area contributed by atoms with E-state index < -0.39 is 112 Å². The third kappa shape index (κ3) is 9.21. The van der Waals surface area contributed by atoms with Crippen LogP contribution in [-0.4, -0.2) is 125 Å². The largest absolute Gasteiger partial charge is 0.504 e. The van der Waals surface area contributed by atoms with Crippen LogP contribution in [0.15, 0.2) is 70.3 Å². The quantitative estimate of drug-likeness (QED) is 0.0819. The number of pyridine rings is 2.